The van der Waals surface area contributed by atoms with Crippen LogP contribution in [0.1, 0.15) is 58.8 Å². The Kier molecular flexibility index (Phi) is 5.12. The van der Waals surface area contributed by atoms with Gasteiger partial charge in [0.1, 0.15) is 0 Å². The first-order valence-corrected chi connectivity index (χ1v) is 8.33. The van der Waals surface area contributed by atoms with Gasteiger partial charge in [0.25, 0.3) is 0 Å². The number of hydrogen-bond donors (Lipinski definition) is 1. The summed E-state index contributed by atoms with van der Waals surface area (Å²) < 4.78 is 0. The van der Waals surface area contributed by atoms with Crippen LogP contribution in [-0.4, -0.2) is 52.6 Å². The summed E-state index contributed by atoms with van der Waals surface area (Å²) in [6.07, 6.45) is 6.13. The second-order valence-corrected chi connectivity index (χ2v) is 6.57. The van der Waals surface area contributed by atoms with E-state index in [1.54, 1.807) is 4.90 Å². The van der Waals surface area contributed by atoms with E-state index in [1.807, 2.05) is 11.8 Å². The summed E-state index contributed by atoms with van der Waals surface area (Å²) >= 11 is 0. The van der Waals surface area contributed by atoms with Crippen LogP contribution in [0.5, 0.6) is 0 Å². The average Bonchev–Trinajstić information content (AvgIpc) is 3.29. The molecule has 1 N–H and O–H groups in total. The van der Waals surface area contributed by atoms with Crippen molar-refractivity contribution >= 4 is 12.0 Å². The maximum absolute atomic E-state index is 12.7. The molecular formula is C16H28N2O3. The SMILES string of the molecule is CCCN(C(=O)N1CCCC(CCC)(C(=O)O)C1)C1CC1. The average molecular weight is 296 g/mol. The summed E-state index contributed by atoms with van der Waals surface area (Å²) in [5.74, 6) is -0.740. The number of amides is 2. The number of likely N-dealkylation sites (tertiary alicyclic amines) is 1. The molecule has 5 nitrogen and oxygen atoms in total. The fraction of sp³-hybridized carbons (Fsp3) is 0.875. The Morgan fingerprint density at radius 3 is 2.52 bits per heavy atom. The van der Waals surface area contributed by atoms with Crippen LogP contribution in [0.4, 0.5) is 4.79 Å². The zero-order valence-corrected chi connectivity index (χ0v) is 13.3. The normalized spacial score (nSPS) is 25.7. The van der Waals surface area contributed by atoms with Crippen LogP contribution < -0.4 is 0 Å². The molecule has 5 heteroatoms. The monoisotopic (exact) mass is 296 g/mol. The molecular weight excluding hydrogens is 268 g/mol. The third-order valence-corrected chi connectivity index (χ3v) is 4.73. The third-order valence-electron chi connectivity index (χ3n) is 4.73. The highest BCUT2D eigenvalue weighted by Crippen LogP contribution is 2.36. The molecule has 1 saturated carbocycles. The van der Waals surface area contributed by atoms with Crippen LogP contribution in [0.3, 0.4) is 0 Å². The van der Waals surface area contributed by atoms with Gasteiger partial charge in [0.2, 0.25) is 0 Å². The van der Waals surface area contributed by atoms with Crippen LogP contribution in [0.15, 0.2) is 0 Å². The van der Waals surface area contributed by atoms with Crippen LogP contribution in [-0.2, 0) is 4.79 Å². The number of piperidine rings is 1. The van der Waals surface area contributed by atoms with Gasteiger partial charge >= 0.3 is 12.0 Å². The number of rotatable bonds is 6. The van der Waals surface area contributed by atoms with E-state index in [-0.39, 0.29) is 6.03 Å². The number of hydrogen-bond acceptors (Lipinski definition) is 2. The fourth-order valence-corrected chi connectivity index (χ4v) is 3.50. The number of carbonyl (C=O) groups is 2. The summed E-state index contributed by atoms with van der Waals surface area (Å²) in [6, 6.07) is 0.450. The zero-order chi connectivity index (χ0) is 15.5. The first-order chi connectivity index (χ1) is 10.0. The van der Waals surface area contributed by atoms with Crippen molar-refractivity contribution in [2.24, 2.45) is 5.41 Å². The number of urea groups is 1. The Balaban J connectivity index is 2.08. The Labute approximate surface area is 127 Å². The van der Waals surface area contributed by atoms with Crippen molar-refractivity contribution in [1.29, 1.82) is 0 Å². The molecule has 2 amide bonds. The number of aliphatic carboxylic acids is 1. The summed E-state index contributed by atoms with van der Waals surface area (Å²) in [4.78, 5) is 28.2. The number of nitrogens with zero attached hydrogens (tertiary/aromatic N) is 2. The van der Waals surface area contributed by atoms with Crippen molar-refractivity contribution in [2.45, 2.75) is 64.8 Å². The van der Waals surface area contributed by atoms with Gasteiger partial charge < -0.3 is 14.9 Å². The van der Waals surface area contributed by atoms with E-state index < -0.39 is 11.4 Å². The van der Waals surface area contributed by atoms with Gasteiger partial charge in [-0.05, 0) is 38.5 Å². The number of carboxylic acid groups (broad SMARTS) is 1. The molecule has 0 aromatic heterocycles. The minimum atomic E-state index is -0.740. The first-order valence-electron chi connectivity index (χ1n) is 8.33. The minimum absolute atomic E-state index is 0.0563. The van der Waals surface area contributed by atoms with Crippen molar-refractivity contribution in [1.82, 2.24) is 9.80 Å². The van der Waals surface area contributed by atoms with Crippen LogP contribution in [0, 0.1) is 5.41 Å². The van der Waals surface area contributed by atoms with Crippen molar-refractivity contribution in [3.63, 3.8) is 0 Å². The number of carbonyl (C=O) groups excluding carboxylic acids is 1. The molecule has 2 aliphatic rings. The fourth-order valence-electron chi connectivity index (χ4n) is 3.50. The third kappa shape index (κ3) is 3.50. The second kappa shape index (κ2) is 6.67. The standard InChI is InChI=1S/C16H28N2O3/c1-3-8-16(14(19)20)9-5-11-17(12-16)15(21)18(10-4-2)13-6-7-13/h13H,3-12H2,1-2H3,(H,19,20). The molecule has 2 rings (SSSR count). The lowest BCUT2D eigenvalue weighted by Gasteiger charge is -2.41. The van der Waals surface area contributed by atoms with Crippen molar-refractivity contribution in [3.8, 4) is 0 Å². The Morgan fingerprint density at radius 1 is 1.29 bits per heavy atom. The maximum Gasteiger partial charge on any atom is 0.320 e. The smallest absolute Gasteiger partial charge is 0.320 e. The summed E-state index contributed by atoms with van der Waals surface area (Å²) in [5, 5.41) is 9.63. The minimum Gasteiger partial charge on any atom is -0.481 e. The number of carboxylic acids is 1. The quantitative estimate of drug-likeness (QED) is 0.819. The van der Waals surface area contributed by atoms with Gasteiger partial charge in [-0.15, -0.1) is 0 Å². The lowest BCUT2D eigenvalue weighted by Crippen LogP contribution is -2.54. The van der Waals surface area contributed by atoms with Crippen molar-refractivity contribution in [3.05, 3.63) is 0 Å². The van der Waals surface area contributed by atoms with Crippen molar-refractivity contribution in [2.75, 3.05) is 19.6 Å². The molecule has 1 unspecified atom stereocenters. The highest BCUT2D eigenvalue weighted by molar-refractivity contribution is 5.79. The molecule has 120 valence electrons. The van der Waals surface area contributed by atoms with Gasteiger partial charge in [-0.1, -0.05) is 20.3 Å². The van der Waals surface area contributed by atoms with E-state index in [9.17, 15) is 14.7 Å². The van der Waals surface area contributed by atoms with Gasteiger partial charge in [0, 0.05) is 25.7 Å². The maximum atomic E-state index is 12.7. The highest BCUT2D eigenvalue weighted by atomic mass is 16.4. The van der Waals surface area contributed by atoms with Gasteiger partial charge in [-0.25, -0.2) is 4.79 Å². The Hall–Kier alpha value is -1.26. The van der Waals surface area contributed by atoms with E-state index in [0.29, 0.717) is 32.0 Å². The summed E-state index contributed by atoms with van der Waals surface area (Å²) in [5.41, 5.74) is -0.732. The Bertz CT molecular complexity index is 391. The van der Waals surface area contributed by atoms with Gasteiger partial charge in [0.15, 0.2) is 0 Å². The molecule has 0 spiro atoms. The van der Waals surface area contributed by atoms with E-state index in [0.717, 1.165) is 38.6 Å². The first kappa shape index (κ1) is 16.1. The lowest BCUT2D eigenvalue weighted by atomic mass is 9.76. The molecule has 0 radical (unpaired) electrons. The largest absolute Gasteiger partial charge is 0.481 e. The molecule has 2 fully saturated rings. The van der Waals surface area contributed by atoms with E-state index in [4.69, 9.17) is 0 Å². The van der Waals surface area contributed by atoms with Crippen LogP contribution in [0.2, 0.25) is 0 Å². The lowest BCUT2D eigenvalue weighted by molar-refractivity contribution is -0.152. The van der Waals surface area contributed by atoms with E-state index >= 15 is 0 Å². The molecule has 1 atom stereocenters. The highest BCUT2D eigenvalue weighted by Gasteiger charge is 2.44. The molecule has 0 aromatic rings. The van der Waals surface area contributed by atoms with Crippen LogP contribution in [0.25, 0.3) is 0 Å². The van der Waals surface area contributed by atoms with E-state index in [1.165, 1.54) is 0 Å². The van der Waals surface area contributed by atoms with Crippen LogP contribution >= 0.6 is 0 Å². The second-order valence-electron chi connectivity index (χ2n) is 6.57. The molecule has 1 saturated heterocycles. The van der Waals surface area contributed by atoms with Gasteiger partial charge in [0.05, 0.1) is 5.41 Å². The molecule has 0 aromatic carbocycles. The molecule has 1 aliphatic heterocycles. The molecule has 0 bridgehead atoms. The Morgan fingerprint density at radius 2 is 2.00 bits per heavy atom. The summed E-state index contributed by atoms with van der Waals surface area (Å²) in [6.45, 7) is 5.96. The predicted molar refractivity (Wildman–Crippen MR) is 81.2 cm³/mol. The predicted octanol–water partition coefficient (Wildman–Crippen LogP) is 2.95. The summed E-state index contributed by atoms with van der Waals surface area (Å²) in [7, 11) is 0. The topological polar surface area (TPSA) is 60.9 Å². The molecule has 1 heterocycles. The van der Waals surface area contributed by atoms with Gasteiger partial charge in [-0.3, -0.25) is 4.79 Å². The zero-order valence-electron chi connectivity index (χ0n) is 13.3. The van der Waals surface area contributed by atoms with E-state index in [2.05, 4.69) is 6.92 Å². The molecule has 21 heavy (non-hydrogen) atoms. The van der Waals surface area contributed by atoms with Gasteiger partial charge in [-0.2, -0.15) is 0 Å². The molecule has 1 aliphatic carbocycles. The van der Waals surface area contributed by atoms with Crippen molar-refractivity contribution < 1.29 is 14.7 Å².